The average molecular weight is 292 g/mol. The van der Waals surface area contributed by atoms with Crippen molar-refractivity contribution in [3.63, 3.8) is 0 Å². The van der Waals surface area contributed by atoms with Crippen LogP contribution in [0.5, 0.6) is 5.75 Å². The van der Waals surface area contributed by atoms with E-state index in [1.165, 1.54) is 11.1 Å². The summed E-state index contributed by atoms with van der Waals surface area (Å²) in [6.45, 7) is 4.50. The first-order valence-corrected chi connectivity index (χ1v) is 7.71. The minimum Gasteiger partial charge on any atom is -0.493 e. The van der Waals surface area contributed by atoms with Gasteiger partial charge in [-0.3, -0.25) is 0 Å². The zero-order valence-corrected chi connectivity index (χ0v) is 12.4. The lowest BCUT2D eigenvalue weighted by atomic mass is 10.0. The van der Waals surface area contributed by atoms with Crippen LogP contribution in [0.15, 0.2) is 18.2 Å². The minimum atomic E-state index is -0.826. The standard InChI is InChI=1S/C16H24N2O3/c19-16(10-17-5-7-20-12-16)11-18-9-13-3-4-15-14(8-13)2-1-6-21-15/h3-4,8,17-19H,1-2,5-7,9-12H2. The molecule has 1 aromatic carbocycles. The molecule has 2 heterocycles. The Hall–Kier alpha value is -1.14. The maximum absolute atomic E-state index is 10.5. The molecule has 5 heteroatoms. The molecule has 1 aromatic rings. The molecule has 1 saturated heterocycles. The van der Waals surface area contributed by atoms with Crippen LogP contribution in [0, 0.1) is 0 Å². The van der Waals surface area contributed by atoms with Gasteiger partial charge in [0.1, 0.15) is 11.4 Å². The van der Waals surface area contributed by atoms with Crippen LogP contribution in [0.25, 0.3) is 0 Å². The summed E-state index contributed by atoms with van der Waals surface area (Å²) in [5, 5.41) is 17.0. The van der Waals surface area contributed by atoms with Gasteiger partial charge in [-0.1, -0.05) is 12.1 Å². The highest BCUT2D eigenvalue weighted by Gasteiger charge is 2.28. The topological polar surface area (TPSA) is 62.8 Å². The lowest BCUT2D eigenvalue weighted by molar-refractivity contribution is -0.0264. The third kappa shape index (κ3) is 3.95. The number of ether oxygens (including phenoxy) is 2. The van der Waals surface area contributed by atoms with Crippen LogP contribution in [-0.4, -0.2) is 50.2 Å². The summed E-state index contributed by atoms with van der Waals surface area (Å²) in [5.41, 5.74) is 1.69. The van der Waals surface area contributed by atoms with Crippen LogP contribution >= 0.6 is 0 Å². The number of hydrogen-bond donors (Lipinski definition) is 3. The molecular weight excluding hydrogens is 268 g/mol. The van der Waals surface area contributed by atoms with Gasteiger partial charge in [0.05, 0.1) is 19.8 Å². The van der Waals surface area contributed by atoms with E-state index in [4.69, 9.17) is 9.47 Å². The van der Waals surface area contributed by atoms with Gasteiger partial charge in [0.15, 0.2) is 0 Å². The van der Waals surface area contributed by atoms with Crippen LogP contribution in [-0.2, 0) is 17.7 Å². The Labute approximate surface area is 125 Å². The van der Waals surface area contributed by atoms with Crippen molar-refractivity contribution in [1.29, 1.82) is 0 Å². The molecule has 0 amide bonds. The third-order valence-corrected chi connectivity index (χ3v) is 4.00. The molecule has 3 rings (SSSR count). The summed E-state index contributed by atoms with van der Waals surface area (Å²) in [7, 11) is 0. The van der Waals surface area contributed by atoms with Gasteiger partial charge in [-0.2, -0.15) is 0 Å². The first-order chi connectivity index (χ1) is 10.3. The average Bonchev–Trinajstić information content (AvgIpc) is 2.72. The highest BCUT2D eigenvalue weighted by atomic mass is 16.5. The summed E-state index contributed by atoms with van der Waals surface area (Å²) in [4.78, 5) is 0. The van der Waals surface area contributed by atoms with Gasteiger partial charge >= 0.3 is 0 Å². The number of β-amino-alcohol motifs (C(OH)–C–C–N with tert-alkyl or cyclic N) is 1. The first-order valence-electron chi connectivity index (χ1n) is 7.71. The quantitative estimate of drug-likeness (QED) is 0.752. The molecule has 1 fully saturated rings. The van der Waals surface area contributed by atoms with E-state index in [2.05, 4.69) is 28.8 Å². The zero-order chi connectivity index (χ0) is 14.5. The largest absolute Gasteiger partial charge is 0.493 e. The molecule has 2 aliphatic heterocycles. The molecular formula is C16H24N2O3. The highest BCUT2D eigenvalue weighted by Crippen LogP contribution is 2.25. The monoisotopic (exact) mass is 292 g/mol. The molecule has 0 aromatic heterocycles. The molecule has 0 saturated carbocycles. The van der Waals surface area contributed by atoms with Gasteiger partial charge in [-0.25, -0.2) is 0 Å². The van der Waals surface area contributed by atoms with E-state index in [0.29, 0.717) is 26.3 Å². The number of benzene rings is 1. The Morgan fingerprint density at radius 3 is 3.24 bits per heavy atom. The Bertz CT molecular complexity index is 471. The molecule has 21 heavy (non-hydrogen) atoms. The van der Waals surface area contributed by atoms with Gasteiger partial charge in [0.2, 0.25) is 0 Å². The molecule has 3 N–H and O–H groups in total. The molecule has 0 radical (unpaired) electrons. The summed E-state index contributed by atoms with van der Waals surface area (Å²) in [6.07, 6.45) is 2.18. The highest BCUT2D eigenvalue weighted by molar-refractivity contribution is 5.38. The van der Waals surface area contributed by atoms with Gasteiger partial charge in [-0.05, 0) is 30.0 Å². The SMILES string of the molecule is OC1(CNCc2ccc3c(c2)CCCO3)CNCCOC1. The van der Waals surface area contributed by atoms with E-state index in [1.807, 2.05) is 0 Å². The van der Waals surface area contributed by atoms with E-state index >= 15 is 0 Å². The van der Waals surface area contributed by atoms with Crippen LogP contribution in [0.1, 0.15) is 17.5 Å². The molecule has 0 bridgehead atoms. The second kappa shape index (κ2) is 6.75. The van der Waals surface area contributed by atoms with Crippen LogP contribution in [0.2, 0.25) is 0 Å². The van der Waals surface area contributed by atoms with Crippen molar-refractivity contribution in [3.8, 4) is 5.75 Å². The Morgan fingerprint density at radius 2 is 2.29 bits per heavy atom. The van der Waals surface area contributed by atoms with Gasteiger partial charge < -0.3 is 25.2 Å². The predicted octanol–water partition coefficient (Wildman–Crippen LogP) is 0.452. The van der Waals surface area contributed by atoms with Crippen molar-refractivity contribution in [2.75, 3.05) is 39.5 Å². The Balaban J connectivity index is 1.53. The van der Waals surface area contributed by atoms with E-state index in [-0.39, 0.29) is 0 Å². The number of aliphatic hydroxyl groups is 1. The summed E-state index contributed by atoms with van der Waals surface area (Å²) < 4.78 is 11.0. The van der Waals surface area contributed by atoms with Crippen molar-refractivity contribution in [1.82, 2.24) is 10.6 Å². The van der Waals surface area contributed by atoms with Crippen molar-refractivity contribution in [2.24, 2.45) is 0 Å². The smallest absolute Gasteiger partial charge is 0.122 e. The molecule has 1 atom stereocenters. The molecule has 0 aliphatic carbocycles. The lowest BCUT2D eigenvalue weighted by Crippen LogP contribution is -2.50. The van der Waals surface area contributed by atoms with Crippen LogP contribution in [0.4, 0.5) is 0 Å². The number of fused-ring (bicyclic) bond motifs is 1. The Kier molecular flexibility index (Phi) is 4.75. The molecule has 5 nitrogen and oxygen atoms in total. The van der Waals surface area contributed by atoms with Crippen LogP contribution < -0.4 is 15.4 Å². The summed E-state index contributed by atoms with van der Waals surface area (Å²) in [5.74, 6) is 1.02. The summed E-state index contributed by atoms with van der Waals surface area (Å²) >= 11 is 0. The second-order valence-electron chi connectivity index (χ2n) is 5.95. The van der Waals surface area contributed by atoms with E-state index in [1.54, 1.807) is 0 Å². The maximum Gasteiger partial charge on any atom is 0.122 e. The molecule has 116 valence electrons. The molecule has 0 spiro atoms. The number of nitrogens with one attached hydrogen (secondary N) is 2. The van der Waals surface area contributed by atoms with Crippen LogP contribution in [0.3, 0.4) is 0 Å². The van der Waals surface area contributed by atoms with Crippen molar-refractivity contribution in [3.05, 3.63) is 29.3 Å². The molecule has 1 unspecified atom stereocenters. The number of hydrogen-bond acceptors (Lipinski definition) is 5. The maximum atomic E-state index is 10.5. The van der Waals surface area contributed by atoms with Crippen molar-refractivity contribution in [2.45, 2.75) is 25.0 Å². The normalized spacial score (nSPS) is 25.8. The lowest BCUT2D eigenvalue weighted by Gasteiger charge is -2.26. The van der Waals surface area contributed by atoms with Gasteiger partial charge in [0, 0.05) is 26.2 Å². The minimum absolute atomic E-state index is 0.380. The fourth-order valence-electron chi connectivity index (χ4n) is 2.86. The van der Waals surface area contributed by atoms with Crippen molar-refractivity contribution < 1.29 is 14.6 Å². The summed E-state index contributed by atoms with van der Waals surface area (Å²) in [6, 6.07) is 6.34. The zero-order valence-electron chi connectivity index (χ0n) is 12.4. The number of aryl methyl sites for hydroxylation is 1. The fourth-order valence-corrected chi connectivity index (χ4v) is 2.86. The van der Waals surface area contributed by atoms with Gasteiger partial charge in [-0.15, -0.1) is 0 Å². The van der Waals surface area contributed by atoms with Gasteiger partial charge in [0.25, 0.3) is 0 Å². The third-order valence-electron chi connectivity index (χ3n) is 4.00. The predicted molar refractivity (Wildman–Crippen MR) is 80.6 cm³/mol. The molecule has 2 aliphatic rings. The second-order valence-corrected chi connectivity index (χ2v) is 5.95. The number of rotatable bonds is 4. The van der Waals surface area contributed by atoms with E-state index in [0.717, 1.165) is 38.3 Å². The van der Waals surface area contributed by atoms with E-state index < -0.39 is 5.60 Å². The van der Waals surface area contributed by atoms with E-state index in [9.17, 15) is 5.11 Å². The fraction of sp³-hybridized carbons (Fsp3) is 0.625. The first kappa shape index (κ1) is 14.8. The Morgan fingerprint density at radius 1 is 1.33 bits per heavy atom. The van der Waals surface area contributed by atoms with Crippen molar-refractivity contribution >= 4 is 0 Å².